The standard InChI is InChI=1S/C17H21F2NO2/c1-10-14(18)6-13-8-20(17(22)15(13)16(10)19)7-11-2-4-12(9-21)5-3-11/h6,11-12,21H,2-5,7-9H2,1H3. The number of fused-ring (bicyclic) bond motifs is 1. The van der Waals surface area contributed by atoms with Crippen LogP contribution in [0, 0.1) is 30.4 Å². The summed E-state index contributed by atoms with van der Waals surface area (Å²) < 4.78 is 27.8. The smallest absolute Gasteiger partial charge is 0.257 e. The SMILES string of the molecule is Cc1c(F)cc2c(c1F)C(=O)N(CC1CCC(CO)CC1)C2. The minimum Gasteiger partial charge on any atom is -0.396 e. The van der Waals surface area contributed by atoms with Gasteiger partial charge < -0.3 is 10.0 Å². The molecule has 0 bridgehead atoms. The van der Waals surface area contributed by atoms with Gasteiger partial charge in [-0.3, -0.25) is 4.79 Å². The van der Waals surface area contributed by atoms with Crippen LogP contribution < -0.4 is 0 Å². The maximum Gasteiger partial charge on any atom is 0.257 e. The number of aliphatic hydroxyl groups is 1. The number of nitrogens with zero attached hydrogens (tertiary/aromatic N) is 1. The summed E-state index contributed by atoms with van der Waals surface area (Å²) in [4.78, 5) is 14.0. The Hall–Kier alpha value is -1.49. The van der Waals surface area contributed by atoms with Crippen molar-refractivity contribution in [3.05, 3.63) is 34.4 Å². The van der Waals surface area contributed by atoms with E-state index >= 15 is 0 Å². The van der Waals surface area contributed by atoms with Crippen molar-refractivity contribution >= 4 is 5.91 Å². The fraction of sp³-hybridized carbons (Fsp3) is 0.588. The summed E-state index contributed by atoms with van der Waals surface area (Å²) in [5, 5.41) is 9.16. The van der Waals surface area contributed by atoms with Crippen LogP contribution in [0.3, 0.4) is 0 Å². The molecule has 1 aliphatic heterocycles. The summed E-state index contributed by atoms with van der Waals surface area (Å²) in [5.74, 6) is -0.868. The number of carbonyl (C=O) groups is 1. The van der Waals surface area contributed by atoms with Gasteiger partial charge in [0.15, 0.2) is 0 Å². The molecule has 3 nitrogen and oxygen atoms in total. The first-order valence-electron chi connectivity index (χ1n) is 7.88. The molecule has 1 amide bonds. The van der Waals surface area contributed by atoms with Gasteiger partial charge in [-0.15, -0.1) is 0 Å². The van der Waals surface area contributed by atoms with E-state index in [2.05, 4.69) is 0 Å². The van der Waals surface area contributed by atoms with E-state index in [4.69, 9.17) is 5.11 Å². The normalized spacial score (nSPS) is 24.7. The number of amides is 1. The number of rotatable bonds is 3. The number of hydrogen-bond acceptors (Lipinski definition) is 2. The number of benzene rings is 1. The maximum atomic E-state index is 14.1. The second-order valence-electron chi connectivity index (χ2n) is 6.59. The molecule has 5 heteroatoms. The van der Waals surface area contributed by atoms with Gasteiger partial charge in [0, 0.05) is 25.3 Å². The zero-order valence-corrected chi connectivity index (χ0v) is 12.7. The molecule has 1 aliphatic carbocycles. The highest BCUT2D eigenvalue weighted by atomic mass is 19.1. The Morgan fingerprint density at radius 2 is 1.86 bits per heavy atom. The van der Waals surface area contributed by atoms with Crippen molar-refractivity contribution < 1.29 is 18.7 Å². The Labute approximate surface area is 128 Å². The molecule has 22 heavy (non-hydrogen) atoms. The number of halogens is 2. The maximum absolute atomic E-state index is 14.1. The Balaban J connectivity index is 1.71. The first-order valence-corrected chi connectivity index (χ1v) is 7.88. The van der Waals surface area contributed by atoms with Crippen LogP contribution >= 0.6 is 0 Å². The van der Waals surface area contributed by atoms with E-state index in [1.165, 1.54) is 13.0 Å². The summed E-state index contributed by atoms with van der Waals surface area (Å²) in [7, 11) is 0. The molecule has 0 unspecified atom stereocenters. The summed E-state index contributed by atoms with van der Waals surface area (Å²) in [6, 6.07) is 1.29. The third-order valence-corrected chi connectivity index (χ3v) is 5.09. The monoisotopic (exact) mass is 309 g/mol. The number of hydrogen-bond donors (Lipinski definition) is 1. The van der Waals surface area contributed by atoms with Crippen LogP contribution in [0.5, 0.6) is 0 Å². The Morgan fingerprint density at radius 3 is 2.50 bits per heavy atom. The summed E-state index contributed by atoms with van der Waals surface area (Å²) in [6.45, 7) is 2.47. The molecule has 0 saturated heterocycles. The topological polar surface area (TPSA) is 40.5 Å². The van der Waals surface area contributed by atoms with E-state index in [0.29, 0.717) is 30.5 Å². The van der Waals surface area contributed by atoms with Gasteiger partial charge in [-0.1, -0.05) is 0 Å². The van der Waals surface area contributed by atoms with E-state index in [1.54, 1.807) is 4.90 Å². The number of carbonyl (C=O) groups excluding carboxylic acids is 1. The lowest BCUT2D eigenvalue weighted by atomic mass is 9.82. The zero-order valence-electron chi connectivity index (χ0n) is 12.7. The zero-order chi connectivity index (χ0) is 15.9. The lowest BCUT2D eigenvalue weighted by Crippen LogP contribution is -2.32. The van der Waals surface area contributed by atoms with Gasteiger partial charge in [0.05, 0.1) is 5.56 Å². The first kappa shape index (κ1) is 15.4. The molecular formula is C17H21F2NO2. The van der Waals surface area contributed by atoms with E-state index in [0.717, 1.165) is 25.7 Å². The molecule has 0 aromatic heterocycles. The molecule has 1 aromatic rings. The summed E-state index contributed by atoms with van der Waals surface area (Å²) in [6.07, 6.45) is 3.89. The highest BCUT2D eigenvalue weighted by molar-refractivity contribution is 5.98. The molecular weight excluding hydrogens is 288 g/mol. The van der Waals surface area contributed by atoms with E-state index < -0.39 is 11.6 Å². The molecule has 0 radical (unpaired) electrons. The minimum atomic E-state index is -0.716. The Morgan fingerprint density at radius 1 is 1.23 bits per heavy atom. The van der Waals surface area contributed by atoms with Crippen LogP contribution in [0.15, 0.2) is 6.07 Å². The Bertz CT molecular complexity index is 595. The molecule has 1 heterocycles. The largest absolute Gasteiger partial charge is 0.396 e. The van der Waals surface area contributed by atoms with Gasteiger partial charge in [0.1, 0.15) is 11.6 Å². The first-order chi connectivity index (χ1) is 10.5. The molecule has 0 atom stereocenters. The fourth-order valence-electron chi connectivity index (χ4n) is 3.61. The molecule has 1 aromatic carbocycles. The van der Waals surface area contributed by atoms with Gasteiger partial charge in [-0.05, 0) is 56.1 Å². The van der Waals surface area contributed by atoms with Gasteiger partial charge in [0.25, 0.3) is 5.91 Å². The van der Waals surface area contributed by atoms with Crippen LogP contribution in [-0.4, -0.2) is 29.1 Å². The van der Waals surface area contributed by atoms with E-state index in [-0.39, 0.29) is 23.6 Å². The van der Waals surface area contributed by atoms with Crippen molar-refractivity contribution in [2.24, 2.45) is 11.8 Å². The molecule has 0 spiro atoms. The van der Waals surface area contributed by atoms with Crippen LogP contribution in [0.1, 0.15) is 47.2 Å². The van der Waals surface area contributed by atoms with Crippen LogP contribution in [0.4, 0.5) is 8.78 Å². The van der Waals surface area contributed by atoms with Crippen molar-refractivity contribution in [1.29, 1.82) is 0 Å². The summed E-state index contributed by atoms with van der Waals surface area (Å²) in [5.41, 5.74) is 0.412. The highest BCUT2D eigenvalue weighted by Crippen LogP contribution is 2.33. The van der Waals surface area contributed by atoms with Gasteiger partial charge in [0.2, 0.25) is 0 Å². The number of aliphatic hydroxyl groups excluding tert-OH is 1. The molecule has 120 valence electrons. The van der Waals surface area contributed by atoms with Gasteiger partial charge in [-0.2, -0.15) is 0 Å². The molecule has 3 rings (SSSR count). The minimum absolute atomic E-state index is 0.0444. The fourth-order valence-corrected chi connectivity index (χ4v) is 3.61. The predicted molar refractivity (Wildman–Crippen MR) is 78.4 cm³/mol. The average molecular weight is 309 g/mol. The van der Waals surface area contributed by atoms with Gasteiger partial charge in [-0.25, -0.2) is 8.78 Å². The van der Waals surface area contributed by atoms with E-state index in [1.807, 2.05) is 0 Å². The van der Waals surface area contributed by atoms with Crippen LogP contribution in [0.2, 0.25) is 0 Å². The lowest BCUT2D eigenvalue weighted by molar-refractivity contribution is 0.0714. The van der Waals surface area contributed by atoms with Crippen molar-refractivity contribution in [3.63, 3.8) is 0 Å². The third-order valence-electron chi connectivity index (χ3n) is 5.09. The summed E-state index contributed by atoms with van der Waals surface area (Å²) >= 11 is 0. The second kappa shape index (κ2) is 5.95. The van der Waals surface area contributed by atoms with Crippen molar-refractivity contribution in [2.75, 3.05) is 13.2 Å². The molecule has 1 saturated carbocycles. The second-order valence-corrected chi connectivity index (χ2v) is 6.59. The molecule has 1 fully saturated rings. The van der Waals surface area contributed by atoms with Crippen molar-refractivity contribution in [3.8, 4) is 0 Å². The van der Waals surface area contributed by atoms with Crippen molar-refractivity contribution in [1.82, 2.24) is 4.90 Å². The van der Waals surface area contributed by atoms with Crippen LogP contribution in [-0.2, 0) is 6.54 Å². The predicted octanol–water partition coefficient (Wildman–Crippen LogP) is 3.03. The highest BCUT2D eigenvalue weighted by Gasteiger charge is 2.34. The molecule has 2 aliphatic rings. The quantitative estimate of drug-likeness (QED) is 0.932. The van der Waals surface area contributed by atoms with Gasteiger partial charge >= 0.3 is 0 Å². The van der Waals surface area contributed by atoms with E-state index in [9.17, 15) is 13.6 Å². The Kier molecular flexibility index (Phi) is 4.17. The third kappa shape index (κ3) is 2.62. The molecule has 1 N–H and O–H groups in total. The lowest BCUT2D eigenvalue weighted by Gasteiger charge is -2.30. The van der Waals surface area contributed by atoms with Crippen molar-refractivity contribution in [2.45, 2.75) is 39.2 Å². The average Bonchev–Trinajstić information content (AvgIpc) is 2.82. The van der Waals surface area contributed by atoms with Crippen LogP contribution in [0.25, 0.3) is 0 Å².